The second kappa shape index (κ2) is 2.72. The Balaban J connectivity index is 3.15. The second-order valence-corrected chi connectivity index (χ2v) is 2.45. The number of nitrogens with two attached hydrogens (primary N) is 2. The van der Waals surface area contributed by atoms with Gasteiger partial charge in [-0.3, -0.25) is 0 Å². The van der Waals surface area contributed by atoms with Gasteiger partial charge in [-0.1, -0.05) is 11.6 Å². The SMILES string of the molecule is NC(N)(Cl)CCCl. The molecule has 0 aliphatic carbocycles. The second-order valence-electron chi connectivity index (χ2n) is 1.37. The summed E-state index contributed by atoms with van der Waals surface area (Å²) >= 11 is 10.5. The van der Waals surface area contributed by atoms with Crippen LogP contribution < -0.4 is 11.5 Å². The summed E-state index contributed by atoms with van der Waals surface area (Å²) < 4.78 is 0. The first-order chi connectivity index (χ1) is 3.06. The molecule has 0 radical (unpaired) electrons. The molecule has 0 atom stereocenters. The third-order valence-electron chi connectivity index (χ3n) is 0.478. The molecule has 0 unspecified atom stereocenters. The van der Waals surface area contributed by atoms with E-state index in [1.54, 1.807) is 0 Å². The molecule has 0 aromatic carbocycles. The highest BCUT2D eigenvalue weighted by atomic mass is 35.5. The summed E-state index contributed by atoms with van der Waals surface area (Å²) in [7, 11) is 0. The van der Waals surface area contributed by atoms with Gasteiger partial charge in [-0.2, -0.15) is 0 Å². The van der Waals surface area contributed by atoms with Crippen molar-refractivity contribution in [2.24, 2.45) is 11.5 Å². The lowest BCUT2D eigenvalue weighted by molar-refractivity contribution is 0.609. The molecule has 0 aliphatic heterocycles. The molecule has 0 aliphatic rings. The van der Waals surface area contributed by atoms with Gasteiger partial charge in [0.05, 0.1) is 0 Å². The Bertz CT molecular complexity index is 49.4. The quantitative estimate of drug-likeness (QED) is 0.334. The average molecular weight is 143 g/mol. The van der Waals surface area contributed by atoms with E-state index >= 15 is 0 Å². The van der Waals surface area contributed by atoms with Crippen molar-refractivity contribution in [1.29, 1.82) is 0 Å². The lowest BCUT2D eigenvalue weighted by Gasteiger charge is -2.11. The molecular weight excluding hydrogens is 135 g/mol. The van der Waals surface area contributed by atoms with Crippen molar-refractivity contribution in [3.63, 3.8) is 0 Å². The Morgan fingerprint density at radius 1 is 1.43 bits per heavy atom. The Labute approximate surface area is 52.8 Å². The molecule has 0 aromatic rings. The number of hydrogen-bond acceptors (Lipinski definition) is 2. The summed E-state index contributed by atoms with van der Waals surface area (Å²) in [6.07, 6.45) is 0.427. The molecule has 0 rings (SSSR count). The zero-order valence-electron chi connectivity index (χ0n) is 3.82. The topological polar surface area (TPSA) is 52.0 Å². The van der Waals surface area contributed by atoms with Gasteiger partial charge in [0.2, 0.25) is 0 Å². The summed E-state index contributed by atoms with van der Waals surface area (Å²) in [5.74, 6) is 0.399. The van der Waals surface area contributed by atoms with Crippen LogP contribution >= 0.6 is 23.2 Å². The standard InChI is InChI=1S/C3H8Cl2N2/c4-2-1-3(5,6)7/h1-2,6-7H2. The predicted octanol–water partition coefficient (Wildman–Crippen LogP) is 0.425. The summed E-state index contributed by atoms with van der Waals surface area (Å²) in [6.45, 7) is 0. The van der Waals surface area contributed by atoms with Gasteiger partial charge in [0.1, 0.15) is 5.12 Å². The number of rotatable bonds is 2. The van der Waals surface area contributed by atoms with Crippen molar-refractivity contribution < 1.29 is 0 Å². The van der Waals surface area contributed by atoms with E-state index in [0.717, 1.165) is 0 Å². The van der Waals surface area contributed by atoms with E-state index in [1.165, 1.54) is 0 Å². The molecule has 2 nitrogen and oxygen atoms in total. The molecule has 0 aromatic heterocycles. The fourth-order valence-corrected chi connectivity index (χ4v) is 0.649. The monoisotopic (exact) mass is 142 g/mol. The molecule has 0 saturated carbocycles. The third kappa shape index (κ3) is 6.50. The maximum Gasteiger partial charge on any atom is 0.142 e. The van der Waals surface area contributed by atoms with E-state index in [0.29, 0.717) is 12.3 Å². The molecule has 4 heteroatoms. The van der Waals surface area contributed by atoms with E-state index in [2.05, 4.69) is 0 Å². The zero-order valence-corrected chi connectivity index (χ0v) is 5.34. The highest BCUT2D eigenvalue weighted by Crippen LogP contribution is 2.03. The number of hydrogen-bond donors (Lipinski definition) is 2. The average Bonchev–Trinajstić information content (AvgIpc) is 1.30. The lowest BCUT2D eigenvalue weighted by atomic mass is 10.4. The van der Waals surface area contributed by atoms with Crippen LogP contribution in [0.4, 0.5) is 0 Å². The van der Waals surface area contributed by atoms with Crippen molar-refractivity contribution in [1.82, 2.24) is 0 Å². The lowest BCUT2D eigenvalue weighted by Crippen LogP contribution is -2.43. The summed E-state index contributed by atoms with van der Waals surface area (Å²) in [5.41, 5.74) is 10.2. The van der Waals surface area contributed by atoms with Gasteiger partial charge in [-0.05, 0) is 0 Å². The molecule has 0 amide bonds. The van der Waals surface area contributed by atoms with Crippen LogP contribution in [-0.2, 0) is 0 Å². The summed E-state index contributed by atoms with van der Waals surface area (Å²) in [4.78, 5) is 0. The first-order valence-electron chi connectivity index (χ1n) is 1.89. The van der Waals surface area contributed by atoms with Gasteiger partial charge >= 0.3 is 0 Å². The minimum Gasteiger partial charge on any atom is -0.301 e. The molecule has 0 bridgehead atoms. The molecule has 0 fully saturated rings. The van der Waals surface area contributed by atoms with Crippen LogP contribution in [-0.4, -0.2) is 11.0 Å². The van der Waals surface area contributed by atoms with E-state index < -0.39 is 5.12 Å². The molecule has 0 saturated heterocycles. The minimum atomic E-state index is -1.11. The van der Waals surface area contributed by atoms with Gasteiger partial charge in [0.25, 0.3) is 0 Å². The first kappa shape index (κ1) is 7.50. The van der Waals surface area contributed by atoms with E-state index in [4.69, 9.17) is 34.7 Å². The number of halogens is 2. The zero-order chi connectivity index (χ0) is 5.91. The minimum absolute atomic E-state index is 0.399. The molecule has 0 heterocycles. The van der Waals surface area contributed by atoms with E-state index in [1.807, 2.05) is 0 Å². The van der Waals surface area contributed by atoms with Crippen molar-refractivity contribution in [3.8, 4) is 0 Å². The van der Waals surface area contributed by atoms with Crippen LogP contribution in [0.25, 0.3) is 0 Å². The summed E-state index contributed by atoms with van der Waals surface area (Å²) in [6, 6.07) is 0. The van der Waals surface area contributed by atoms with Crippen molar-refractivity contribution >= 4 is 23.2 Å². The van der Waals surface area contributed by atoms with Crippen LogP contribution in [0.2, 0.25) is 0 Å². The Hall–Kier alpha value is 0.500. The van der Waals surface area contributed by atoms with Crippen LogP contribution in [0.15, 0.2) is 0 Å². The highest BCUT2D eigenvalue weighted by Gasteiger charge is 2.11. The largest absolute Gasteiger partial charge is 0.301 e. The van der Waals surface area contributed by atoms with Gasteiger partial charge < -0.3 is 11.5 Å². The maximum atomic E-state index is 5.30. The third-order valence-corrected chi connectivity index (χ3v) is 0.856. The molecule has 0 spiro atoms. The summed E-state index contributed by atoms with van der Waals surface area (Å²) in [5, 5.41) is -1.11. The van der Waals surface area contributed by atoms with Gasteiger partial charge in [-0.15, -0.1) is 11.6 Å². The predicted molar refractivity (Wildman–Crippen MR) is 32.3 cm³/mol. The van der Waals surface area contributed by atoms with E-state index in [-0.39, 0.29) is 0 Å². The van der Waals surface area contributed by atoms with E-state index in [9.17, 15) is 0 Å². The van der Waals surface area contributed by atoms with Crippen LogP contribution in [0.5, 0.6) is 0 Å². The molecule has 7 heavy (non-hydrogen) atoms. The normalized spacial score (nSPS) is 12.0. The smallest absolute Gasteiger partial charge is 0.142 e. The van der Waals surface area contributed by atoms with Gasteiger partial charge in [0.15, 0.2) is 0 Å². The fourth-order valence-electron chi connectivity index (χ4n) is 0.145. The molecule has 44 valence electrons. The Morgan fingerprint density at radius 3 is 1.86 bits per heavy atom. The van der Waals surface area contributed by atoms with Crippen molar-refractivity contribution in [2.45, 2.75) is 11.5 Å². The van der Waals surface area contributed by atoms with Gasteiger partial charge in [-0.25, -0.2) is 0 Å². The van der Waals surface area contributed by atoms with Gasteiger partial charge in [0, 0.05) is 12.3 Å². The van der Waals surface area contributed by atoms with Crippen LogP contribution in [0.1, 0.15) is 6.42 Å². The Morgan fingerprint density at radius 2 is 1.86 bits per heavy atom. The van der Waals surface area contributed by atoms with Crippen LogP contribution in [0.3, 0.4) is 0 Å². The highest BCUT2D eigenvalue weighted by molar-refractivity contribution is 6.24. The van der Waals surface area contributed by atoms with Crippen LogP contribution in [0, 0.1) is 0 Å². The molecular formula is C3H8Cl2N2. The van der Waals surface area contributed by atoms with Crippen molar-refractivity contribution in [3.05, 3.63) is 0 Å². The Kier molecular flexibility index (Phi) is 2.92. The molecule has 4 N–H and O–H groups in total. The number of alkyl halides is 2. The van der Waals surface area contributed by atoms with Crippen molar-refractivity contribution in [2.75, 3.05) is 5.88 Å². The fraction of sp³-hybridized carbons (Fsp3) is 1.00. The maximum absolute atomic E-state index is 5.30. The first-order valence-corrected chi connectivity index (χ1v) is 2.80.